The Kier molecular flexibility index (Phi) is 5.46. The Balaban J connectivity index is 1.67. The number of allylic oxidation sites excluding steroid dienone is 3. The van der Waals surface area contributed by atoms with Gasteiger partial charge in [0.1, 0.15) is 5.82 Å². The summed E-state index contributed by atoms with van der Waals surface area (Å²) in [5, 5.41) is 22.5. The van der Waals surface area contributed by atoms with Crippen LogP contribution < -0.4 is 14.4 Å². The van der Waals surface area contributed by atoms with Crippen molar-refractivity contribution in [1.29, 1.82) is 5.26 Å². The normalized spacial score (nSPS) is 18.6. The highest BCUT2D eigenvalue weighted by atomic mass is 35.5. The van der Waals surface area contributed by atoms with Crippen LogP contribution in [0.15, 0.2) is 77.8 Å². The molecule has 0 fully saturated rings. The van der Waals surface area contributed by atoms with Crippen LogP contribution in [0.25, 0.3) is 5.82 Å². The number of non-ortho nitro benzene ring substituents is 1. The van der Waals surface area contributed by atoms with Crippen LogP contribution in [0.4, 0.5) is 11.4 Å². The summed E-state index contributed by atoms with van der Waals surface area (Å²) in [5.41, 5.74) is 2.37. The Bertz CT molecular complexity index is 1570. The zero-order valence-electron chi connectivity index (χ0n) is 19.4. The number of nitro benzene ring substituents is 1. The van der Waals surface area contributed by atoms with Gasteiger partial charge in [-0.25, -0.2) is 0 Å². The first-order chi connectivity index (χ1) is 18.0. The molecule has 9 nitrogen and oxygen atoms in total. The van der Waals surface area contributed by atoms with Crippen molar-refractivity contribution in [2.75, 3.05) is 11.7 Å². The molecule has 1 aromatic heterocycles. The van der Waals surface area contributed by atoms with E-state index in [0.29, 0.717) is 59.1 Å². The van der Waals surface area contributed by atoms with Crippen LogP contribution >= 0.6 is 11.6 Å². The van der Waals surface area contributed by atoms with Crippen molar-refractivity contribution in [3.63, 3.8) is 0 Å². The molecular weight excluding hydrogens is 496 g/mol. The summed E-state index contributed by atoms with van der Waals surface area (Å²) in [5.74, 6) is 0.878. The second-order valence-electron chi connectivity index (χ2n) is 8.85. The van der Waals surface area contributed by atoms with E-state index in [1.807, 2.05) is 18.2 Å². The molecule has 6 rings (SSSR count). The summed E-state index contributed by atoms with van der Waals surface area (Å²) in [6.07, 6.45) is 5.06. The molecule has 37 heavy (non-hydrogen) atoms. The Morgan fingerprint density at radius 2 is 1.86 bits per heavy atom. The predicted molar refractivity (Wildman–Crippen MR) is 135 cm³/mol. The Hall–Kier alpha value is -4.55. The van der Waals surface area contributed by atoms with Gasteiger partial charge >= 0.3 is 0 Å². The summed E-state index contributed by atoms with van der Waals surface area (Å²) >= 11 is 6.62. The molecule has 0 N–H and O–H groups in total. The molecule has 0 spiro atoms. The molecule has 0 amide bonds. The lowest BCUT2D eigenvalue weighted by molar-refractivity contribution is -0.384. The zero-order valence-corrected chi connectivity index (χ0v) is 20.1. The number of hydrogen-bond donors (Lipinski definition) is 0. The van der Waals surface area contributed by atoms with Crippen molar-refractivity contribution in [2.45, 2.75) is 25.2 Å². The van der Waals surface area contributed by atoms with E-state index < -0.39 is 10.8 Å². The number of hydrogen-bond acceptors (Lipinski definition) is 7. The van der Waals surface area contributed by atoms with Crippen LogP contribution in [0.2, 0.25) is 5.02 Å². The molecule has 3 aliphatic rings. The Labute approximate surface area is 216 Å². The summed E-state index contributed by atoms with van der Waals surface area (Å²) in [6, 6.07) is 15.6. The van der Waals surface area contributed by atoms with E-state index in [1.165, 1.54) is 18.2 Å². The van der Waals surface area contributed by atoms with Crippen molar-refractivity contribution in [1.82, 2.24) is 4.57 Å². The maximum atomic E-state index is 13.5. The minimum absolute atomic E-state index is 0.0743. The summed E-state index contributed by atoms with van der Waals surface area (Å²) in [4.78, 5) is 26.4. The molecule has 2 aliphatic heterocycles. The fourth-order valence-electron chi connectivity index (χ4n) is 5.24. The molecule has 3 heterocycles. The number of ether oxygens (including phenoxy) is 2. The number of nitro groups is 1. The minimum atomic E-state index is -0.659. The van der Waals surface area contributed by atoms with Crippen LogP contribution in [0.1, 0.15) is 30.7 Å². The van der Waals surface area contributed by atoms with Gasteiger partial charge in [0, 0.05) is 42.2 Å². The molecular formula is C27H19ClN4O5. The van der Waals surface area contributed by atoms with E-state index >= 15 is 0 Å². The number of carbonyl (C=O) groups is 1. The summed E-state index contributed by atoms with van der Waals surface area (Å²) in [7, 11) is 0. The standard InChI is InChI=1S/C27H19ClN4O5/c28-19-8-7-17(32(34)35)13-21(19)31-20-4-3-5-22(33)26(20)25(16-6-9-23-24(12-16)37-15-36-23)18(14-29)27(31)30-10-1-2-11-30/h1-2,6-13,25H,3-5,15H2/t25-/m1/s1. The monoisotopic (exact) mass is 514 g/mol. The number of nitriles is 1. The number of aromatic nitrogens is 1. The second-order valence-corrected chi connectivity index (χ2v) is 9.26. The van der Waals surface area contributed by atoms with Gasteiger partial charge in [-0.15, -0.1) is 0 Å². The third-order valence-corrected chi connectivity index (χ3v) is 7.13. The lowest BCUT2D eigenvalue weighted by Crippen LogP contribution is -2.36. The second kappa shape index (κ2) is 8.84. The van der Waals surface area contributed by atoms with Crippen molar-refractivity contribution >= 4 is 34.6 Å². The van der Waals surface area contributed by atoms with Crippen molar-refractivity contribution in [2.24, 2.45) is 0 Å². The van der Waals surface area contributed by atoms with Crippen LogP contribution in [-0.2, 0) is 4.79 Å². The molecule has 1 aliphatic carbocycles. The van der Waals surface area contributed by atoms with E-state index in [4.69, 9.17) is 21.1 Å². The number of ketones is 1. The Morgan fingerprint density at radius 1 is 1.08 bits per heavy atom. The van der Waals surface area contributed by atoms with Crippen molar-refractivity contribution < 1.29 is 19.2 Å². The highest BCUT2D eigenvalue weighted by Crippen LogP contribution is 2.51. The number of benzene rings is 2. The first-order valence-electron chi connectivity index (χ1n) is 11.7. The molecule has 10 heteroatoms. The summed E-state index contributed by atoms with van der Waals surface area (Å²) < 4.78 is 12.8. The van der Waals surface area contributed by atoms with Gasteiger partial charge in [-0.3, -0.25) is 19.8 Å². The summed E-state index contributed by atoms with van der Waals surface area (Å²) in [6.45, 7) is 0.102. The number of Topliss-reactive ketones (excluding diaryl/α,β-unsaturated/α-hetero) is 1. The van der Waals surface area contributed by atoms with Gasteiger partial charge < -0.3 is 14.0 Å². The topological polar surface area (TPSA) is 111 Å². The van der Waals surface area contributed by atoms with Gasteiger partial charge in [0.25, 0.3) is 5.69 Å². The van der Waals surface area contributed by atoms with Gasteiger partial charge in [0.2, 0.25) is 6.79 Å². The fraction of sp³-hybridized carbons (Fsp3) is 0.185. The highest BCUT2D eigenvalue weighted by molar-refractivity contribution is 6.33. The maximum Gasteiger partial charge on any atom is 0.271 e. The molecule has 0 saturated heterocycles. The first kappa shape index (κ1) is 22.9. The molecule has 1 atom stereocenters. The van der Waals surface area contributed by atoms with E-state index in [-0.39, 0.29) is 23.3 Å². The number of nitrogens with zero attached hydrogens (tertiary/aromatic N) is 4. The largest absolute Gasteiger partial charge is 0.454 e. The van der Waals surface area contributed by atoms with Crippen molar-refractivity contribution in [3.8, 4) is 17.6 Å². The molecule has 2 aromatic carbocycles. The lowest BCUT2D eigenvalue weighted by atomic mass is 9.75. The predicted octanol–water partition coefficient (Wildman–Crippen LogP) is 5.78. The molecule has 0 unspecified atom stereocenters. The first-order valence-corrected chi connectivity index (χ1v) is 12.0. The molecule has 0 saturated carbocycles. The van der Waals surface area contributed by atoms with Gasteiger partial charge in [0.15, 0.2) is 17.3 Å². The van der Waals surface area contributed by atoms with Crippen LogP contribution in [0.5, 0.6) is 11.5 Å². The van der Waals surface area contributed by atoms with E-state index in [2.05, 4.69) is 6.07 Å². The minimum Gasteiger partial charge on any atom is -0.454 e. The van der Waals surface area contributed by atoms with E-state index in [1.54, 1.807) is 34.0 Å². The van der Waals surface area contributed by atoms with Gasteiger partial charge in [-0.2, -0.15) is 5.26 Å². The van der Waals surface area contributed by atoms with E-state index in [0.717, 1.165) is 5.56 Å². The fourth-order valence-corrected chi connectivity index (χ4v) is 5.45. The highest BCUT2D eigenvalue weighted by Gasteiger charge is 2.42. The number of rotatable bonds is 4. The van der Waals surface area contributed by atoms with Crippen molar-refractivity contribution in [3.05, 3.63) is 98.5 Å². The SMILES string of the molecule is N#CC1=C(n2cccc2)N(c2cc([N+](=O)[O-])ccc2Cl)C2=C(C(=O)CCC2)[C@@H]1c1ccc2c(c1)OCO2. The molecule has 3 aromatic rings. The molecule has 0 bridgehead atoms. The number of fused-ring (bicyclic) bond motifs is 1. The number of anilines is 1. The molecule has 0 radical (unpaired) electrons. The van der Waals surface area contributed by atoms with Gasteiger partial charge in [0.05, 0.1) is 33.2 Å². The average Bonchev–Trinajstić information content (AvgIpc) is 3.60. The number of halogens is 1. The van der Waals surface area contributed by atoms with Gasteiger partial charge in [-0.1, -0.05) is 17.7 Å². The zero-order chi connectivity index (χ0) is 25.7. The quantitative estimate of drug-likeness (QED) is 0.320. The third-order valence-electron chi connectivity index (χ3n) is 6.81. The van der Waals surface area contributed by atoms with E-state index in [9.17, 15) is 20.2 Å². The van der Waals surface area contributed by atoms with Crippen LogP contribution in [-0.4, -0.2) is 22.1 Å². The van der Waals surface area contributed by atoms with Gasteiger partial charge in [-0.05, 0) is 48.7 Å². The smallest absolute Gasteiger partial charge is 0.271 e. The Morgan fingerprint density at radius 3 is 2.62 bits per heavy atom. The average molecular weight is 515 g/mol. The maximum absolute atomic E-state index is 13.5. The lowest BCUT2D eigenvalue weighted by Gasteiger charge is -2.41. The van der Waals surface area contributed by atoms with Crippen LogP contribution in [0.3, 0.4) is 0 Å². The number of carbonyl (C=O) groups excluding carboxylic acids is 1. The molecule has 184 valence electrons. The third kappa shape index (κ3) is 3.65. The van der Waals surface area contributed by atoms with Crippen LogP contribution in [0, 0.1) is 21.4 Å².